The second-order valence-electron chi connectivity index (χ2n) is 11.1. The molecule has 1 aliphatic carbocycles. The number of halogens is 1. The second-order valence-corrected chi connectivity index (χ2v) is 15.8. The van der Waals surface area contributed by atoms with Crippen molar-refractivity contribution < 1.29 is 46.9 Å². The van der Waals surface area contributed by atoms with Gasteiger partial charge in [-0.15, -0.1) is 0 Å². The molecular weight excluding hydrogens is 591 g/mol. The topological polar surface area (TPSA) is 199 Å². The largest absolute Gasteiger partial charge is 0.438 e. The first-order chi connectivity index (χ1) is 18.6. The molecule has 3 heterocycles. The Morgan fingerprint density at radius 2 is 1.93 bits per heavy atom. The van der Waals surface area contributed by atoms with Crippen LogP contribution in [0.15, 0.2) is 12.3 Å². The Morgan fingerprint density at radius 3 is 2.58 bits per heavy atom. The maximum atomic E-state index is 12.7. The molecule has 4 rings (SSSR count). The smallest absolute Gasteiger partial charge is 0.346 e. The molecule has 14 nitrogen and oxygen atoms in total. The summed E-state index contributed by atoms with van der Waals surface area (Å²) in [4.78, 5) is 30.3. The zero-order valence-corrected chi connectivity index (χ0v) is 24.7. The van der Waals surface area contributed by atoms with Crippen molar-refractivity contribution in [3.8, 4) is 0 Å². The number of fused-ring (bicyclic) bond motifs is 1. The number of rotatable bonds is 10. The Bertz CT molecular complexity index is 1390. The number of hydrogen-bond donors (Lipinski definition) is 4. The number of ether oxygens (including phenoxy) is 2. The van der Waals surface area contributed by atoms with Gasteiger partial charge in [0, 0.05) is 12.2 Å². The third kappa shape index (κ3) is 7.32. The Kier molecular flexibility index (Phi) is 9.18. The quantitative estimate of drug-likeness (QED) is 0.130. The Morgan fingerprint density at radius 1 is 1.25 bits per heavy atom. The van der Waals surface area contributed by atoms with Crippen LogP contribution >= 0.6 is 19.2 Å². The van der Waals surface area contributed by atoms with E-state index in [-0.39, 0.29) is 11.3 Å². The van der Waals surface area contributed by atoms with E-state index in [0.717, 1.165) is 25.7 Å². The minimum atomic E-state index is -4.74. The monoisotopic (exact) mass is 624 g/mol. The maximum Gasteiger partial charge on any atom is 0.346 e. The summed E-state index contributed by atoms with van der Waals surface area (Å²) in [5.41, 5.74) is -1.90. The fourth-order valence-corrected chi connectivity index (χ4v) is 8.52. The van der Waals surface area contributed by atoms with Crippen molar-refractivity contribution in [1.82, 2.24) is 14.5 Å². The highest BCUT2D eigenvalue weighted by molar-refractivity contribution is 7.97. The number of anilines is 1. The van der Waals surface area contributed by atoms with Crippen LogP contribution in [0.1, 0.15) is 52.7 Å². The minimum absolute atomic E-state index is 0.0491. The van der Waals surface area contributed by atoms with Gasteiger partial charge in [-0.3, -0.25) is 13.9 Å². The summed E-state index contributed by atoms with van der Waals surface area (Å²) < 4.78 is 54.3. The fourth-order valence-electron chi connectivity index (χ4n) is 4.65. The third-order valence-corrected chi connectivity index (χ3v) is 11.1. The average molecular weight is 625 g/mol. The molecule has 2 aromatic rings. The van der Waals surface area contributed by atoms with E-state index in [1.54, 1.807) is 33.0 Å². The molecule has 1 aliphatic heterocycles. The van der Waals surface area contributed by atoms with Gasteiger partial charge in [-0.05, 0) is 51.3 Å². The summed E-state index contributed by atoms with van der Waals surface area (Å²) >= 11 is 6.17. The van der Waals surface area contributed by atoms with Crippen molar-refractivity contribution in [2.45, 2.75) is 77.0 Å². The van der Waals surface area contributed by atoms with Gasteiger partial charge < -0.3 is 34.5 Å². The molecule has 2 aliphatic rings. The van der Waals surface area contributed by atoms with E-state index in [2.05, 4.69) is 19.8 Å². The molecular formula is C23H34ClN4O10PS. The summed E-state index contributed by atoms with van der Waals surface area (Å²) in [6, 6.07) is 1.93. The van der Waals surface area contributed by atoms with Crippen molar-refractivity contribution in [2.75, 3.05) is 23.4 Å². The lowest BCUT2D eigenvalue weighted by molar-refractivity contribution is -0.159. The van der Waals surface area contributed by atoms with Gasteiger partial charge in [-0.25, -0.2) is 13.4 Å². The molecule has 5 atom stereocenters. The third-order valence-electron chi connectivity index (χ3n) is 6.69. The molecule has 1 saturated carbocycles. The van der Waals surface area contributed by atoms with E-state index in [1.165, 1.54) is 4.57 Å². The summed E-state index contributed by atoms with van der Waals surface area (Å²) in [5.74, 6) is -1.08. The fraction of sp³-hybridized carbons (Fsp3) is 0.696. The molecule has 0 bridgehead atoms. The molecule has 0 spiro atoms. The molecule has 4 N–H and O–H groups in total. The number of sulfone groups is 1. The standard InChI is InChI=1S/C23H34ClN4O10PS/c1-23(2,3)21(31)36-11-37-39(32,33)12-40(34,35)10-15-16(29)17(30)20(38-15)28-9-8-14-18(25-13-6-4-5-7-13)26-22(24)27-19(14)28/h8-9,13,15-17,20,29-30H,4-7,10-12H2,1-3H3,(H,32,33)(H,25,26,27)/t15?,16-,17-,20-/m1/s1. The van der Waals surface area contributed by atoms with E-state index in [0.29, 0.717) is 16.9 Å². The van der Waals surface area contributed by atoms with Crippen molar-refractivity contribution >= 4 is 51.9 Å². The number of hydrogen-bond acceptors (Lipinski definition) is 12. The van der Waals surface area contributed by atoms with Gasteiger partial charge in [-0.1, -0.05) is 12.8 Å². The molecule has 0 amide bonds. The highest BCUT2D eigenvalue weighted by atomic mass is 35.5. The zero-order chi connectivity index (χ0) is 29.5. The molecule has 2 unspecified atom stereocenters. The van der Waals surface area contributed by atoms with E-state index in [9.17, 15) is 32.9 Å². The zero-order valence-electron chi connectivity index (χ0n) is 22.3. The van der Waals surface area contributed by atoms with Crippen molar-refractivity contribution in [3.05, 3.63) is 17.5 Å². The SMILES string of the molecule is CC(C)(C)C(=O)OCOP(=O)(O)CS(=O)(=O)CC1O[C@@H](n2ccc3c(NC4CCCC4)nc(Cl)nc32)[C@H](O)[C@@H]1O. The van der Waals surface area contributed by atoms with Crippen molar-refractivity contribution in [3.63, 3.8) is 0 Å². The average Bonchev–Trinajstić information content (AvgIpc) is 3.54. The van der Waals surface area contributed by atoms with Gasteiger partial charge in [0.2, 0.25) is 12.1 Å². The molecule has 0 aromatic carbocycles. The Labute approximate surface area is 236 Å². The number of nitrogens with zero attached hydrogens (tertiary/aromatic N) is 3. The summed E-state index contributed by atoms with van der Waals surface area (Å²) in [7, 11) is -9.10. The van der Waals surface area contributed by atoms with E-state index in [4.69, 9.17) is 21.1 Å². The van der Waals surface area contributed by atoms with Gasteiger partial charge in [0.25, 0.3) is 0 Å². The van der Waals surface area contributed by atoms with E-state index in [1.807, 2.05) is 0 Å². The molecule has 2 aromatic heterocycles. The van der Waals surface area contributed by atoms with Crippen LogP contribution in [-0.4, -0.2) is 86.4 Å². The van der Waals surface area contributed by atoms with Crippen LogP contribution in [0, 0.1) is 5.41 Å². The number of aliphatic hydroxyl groups is 2. The lowest BCUT2D eigenvalue weighted by Gasteiger charge is -2.19. The van der Waals surface area contributed by atoms with Crippen LogP contribution in [0.25, 0.3) is 11.0 Å². The molecule has 1 saturated heterocycles. The van der Waals surface area contributed by atoms with Crippen molar-refractivity contribution in [2.24, 2.45) is 5.41 Å². The lowest BCUT2D eigenvalue weighted by Crippen LogP contribution is -2.36. The second kappa shape index (κ2) is 11.8. The summed E-state index contributed by atoms with van der Waals surface area (Å²) in [6.45, 7) is 3.79. The van der Waals surface area contributed by atoms with Crippen LogP contribution in [0.3, 0.4) is 0 Å². The normalized spacial score (nSPS) is 25.8. The summed E-state index contributed by atoms with van der Waals surface area (Å²) in [6.07, 6.45) is -0.110. The predicted molar refractivity (Wildman–Crippen MR) is 144 cm³/mol. The van der Waals surface area contributed by atoms with E-state index >= 15 is 0 Å². The number of aliphatic hydroxyl groups excluding tert-OH is 2. The lowest BCUT2D eigenvalue weighted by atomic mass is 9.98. The Hall–Kier alpha value is -1.84. The molecule has 0 radical (unpaired) electrons. The van der Waals surface area contributed by atoms with Gasteiger partial charge in [-0.2, -0.15) is 4.98 Å². The molecule has 224 valence electrons. The molecule has 17 heteroatoms. The van der Waals surface area contributed by atoms with E-state index < -0.39 is 71.4 Å². The van der Waals surface area contributed by atoms with Gasteiger partial charge >= 0.3 is 13.6 Å². The molecule has 2 fully saturated rings. The minimum Gasteiger partial charge on any atom is -0.438 e. The highest BCUT2D eigenvalue weighted by Crippen LogP contribution is 2.44. The number of esters is 1. The first-order valence-electron chi connectivity index (χ1n) is 12.7. The predicted octanol–water partition coefficient (Wildman–Crippen LogP) is 2.18. The number of nitrogens with one attached hydrogen (secondary N) is 1. The van der Waals surface area contributed by atoms with Crippen LogP contribution in [0.4, 0.5) is 5.82 Å². The van der Waals surface area contributed by atoms with Crippen LogP contribution < -0.4 is 5.32 Å². The number of carbonyl (C=O) groups excluding carboxylic acids is 1. The van der Waals surface area contributed by atoms with Crippen LogP contribution in [-0.2, 0) is 33.2 Å². The van der Waals surface area contributed by atoms with Crippen LogP contribution in [0.2, 0.25) is 5.28 Å². The van der Waals surface area contributed by atoms with Gasteiger partial charge in [0.05, 0.1) is 16.6 Å². The van der Waals surface area contributed by atoms with Crippen molar-refractivity contribution in [1.29, 1.82) is 0 Å². The Balaban J connectivity index is 1.44. The highest BCUT2D eigenvalue weighted by Gasteiger charge is 2.47. The first kappa shape index (κ1) is 31.1. The number of carbonyl (C=O) groups is 1. The van der Waals surface area contributed by atoms with Gasteiger partial charge in [0.15, 0.2) is 21.6 Å². The summed E-state index contributed by atoms with van der Waals surface area (Å²) in [5, 5.41) is 25.2. The maximum absolute atomic E-state index is 12.7. The molecule has 40 heavy (non-hydrogen) atoms. The first-order valence-corrected chi connectivity index (χ1v) is 16.7. The van der Waals surface area contributed by atoms with Crippen LogP contribution in [0.5, 0.6) is 0 Å². The number of aromatic nitrogens is 3. The van der Waals surface area contributed by atoms with Gasteiger partial charge in [0.1, 0.15) is 29.8 Å².